The monoisotopic (exact) mass is 354 g/mol. The molecule has 1 fully saturated rings. The van der Waals surface area contributed by atoms with Crippen molar-refractivity contribution in [2.75, 3.05) is 36.8 Å². The third-order valence-electron chi connectivity index (χ3n) is 3.65. The maximum absolute atomic E-state index is 12.2. The summed E-state index contributed by atoms with van der Waals surface area (Å²) < 4.78 is 0. The first-order valence-corrected chi connectivity index (χ1v) is 7.66. The molecular formula is C16H23ClN4O3. The van der Waals surface area contributed by atoms with Gasteiger partial charge in [-0.2, -0.15) is 0 Å². The molecule has 7 nitrogen and oxygen atoms in total. The van der Waals surface area contributed by atoms with Crippen molar-refractivity contribution in [2.24, 2.45) is 5.92 Å². The van der Waals surface area contributed by atoms with Gasteiger partial charge < -0.3 is 20.9 Å². The zero-order valence-corrected chi connectivity index (χ0v) is 14.6. The molecule has 132 valence electrons. The Balaban J connectivity index is 0.00000288. The Bertz CT molecular complexity index is 587. The topological polar surface area (TPSA) is 90.5 Å². The summed E-state index contributed by atoms with van der Waals surface area (Å²) in [7, 11) is 0. The number of halogens is 1. The SMILES string of the molecule is CCN(CC(=O)Nc1ccc(NC(C)=O)cc1)C(=O)C1CNC1.Cl. The largest absolute Gasteiger partial charge is 0.333 e. The molecule has 0 aromatic heterocycles. The first kappa shape index (κ1) is 19.9. The fraction of sp³-hybridized carbons (Fsp3) is 0.438. The van der Waals surface area contributed by atoms with E-state index in [1.54, 1.807) is 29.2 Å². The molecule has 1 aliphatic rings. The summed E-state index contributed by atoms with van der Waals surface area (Å²) in [4.78, 5) is 36.8. The highest BCUT2D eigenvalue weighted by Crippen LogP contribution is 2.14. The second kappa shape index (κ2) is 9.24. The van der Waals surface area contributed by atoms with Crippen LogP contribution < -0.4 is 16.0 Å². The van der Waals surface area contributed by atoms with E-state index in [0.717, 1.165) is 0 Å². The molecule has 0 aliphatic carbocycles. The van der Waals surface area contributed by atoms with Crippen LogP contribution in [0.15, 0.2) is 24.3 Å². The molecule has 1 aromatic carbocycles. The van der Waals surface area contributed by atoms with Gasteiger partial charge in [0.05, 0.1) is 12.5 Å². The quantitative estimate of drug-likeness (QED) is 0.712. The molecule has 0 spiro atoms. The summed E-state index contributed by atoms with van der Waals surface area (Å²) in [6, 6.07) is 6.83. The zero-order chi connectivity index (χ0) is 16.8. The smallest absolute Gasteiger partial charge is 0.243 e. The minimum atomic E-state index is -0.236. The summed E-state index contributed by atoms with van der Waals surface area (Å²) in [5.41, 5.74) is 1.29. The average Bonchev–Trinajstić information content (AvgIpc) is 2.44. The molecule has 3 N–H and O–H groups in total. The van der Waals surface area contributed by atoms with Gasteiger partial charge in [-0.15, -0.1) is 12.4 Å². The Morgan fingerprint density at radius 2 is 1.67 bits per heavy atom. The molecule has 0 unspecified atom stereocenters. The van der Waals surface area contributed by atoms with Crippen LogP contribution in [0.4, 0.5) is 11.4 Å². The average molecular weight is 355 g/mol. The highest BCUT2D eigenvalue weighted by molar-refractivity contribution is 5.95. The van der Waals surface area contributed by atoms with Crippen LogP contribution in [0.25, 0.3) is 0 Å². The van der Waals surface area contributed by atoms with Crippen molar-refractivity contribution < 1.29 is 14.4 Å². The first-order chi connectivity index (χ1) is 11.0. The van der Waals surface area contributed by atoms with Crippen molar-refractivity contribution in [2.45, 2.75) is 13.8 Å². The van der Waals surface area contributed by atoms with E-state index in [1.807, 2.05) is 6.92 Å². The molecule has 0 radical (unpaired) electrons. The molecule has 1 heterocycles. The maximum atomic E-state index is 12.2. The van der Waals surface area contributed by atoms with Crippen LogP contribution in [0.1, 0.15) is 13.8 Å². The third kappa shape index (κ3) is 5.50. The predicted molar refractivity (Wildman–Crippen MR) is 95.2 cm³/mol. The Morgan fingerprint density at radius 3 is 2.08 bits per heavy atom. The highest BCUT2D eigenvalue weighted by Gasteiger charge is 2.29. The number of nitrogens with zero attached hydrogens (tertiary/aromatic N) is 1. The van der Waals surface area contributed by atoms with Gasteiger partial charge >= 0.3 is 0 Å². The molecule has 0 saturated carbocycles. The van der Waals surface area contributed by atoms with Gasteiger partial charge in [0.2, 0.25) is 17.7 Å². The number of anilines is 2. The number of rotatable bonds is 6. The number of likely N-dealkylation sites (N-methyl/N-ethyl adjacent to an activating group) is 1. The fourth-order valence-corrected chi connectivity index (χ4v) is 2.28. The van der Waals surface area contributed by atoms with Gasteiger partial charge in [0.1, 0.15) is 0 Å². The molecule has 3 amide bonds. The van der Waals surface area contributed by atoms with E-state index >= 15 is 0 Å². The van der Waals surface area contributed by atoms with Crippen LogP contribution in [0.2, 0.25) is 0 Å². The lowest BCUT2D eigenvalue weighted by Crippen LogP contribution is -2.53. The van der Waals surface area contributed by atoms with Gasteiger partial charge in [0.15, 0.2) is 0 Å². The highest BCUT2D eigenvalue weighted by atomic mass is 35.5. The van der Waals surface area contributed by atoms with Crippen LogP contribution in [0.3, 0.4) is 0 Å². The van der Waals surface area contributed by atoms with E-state index in [2.05, 4.69) is 16.0 Å². The minimum absolute atomic E-state index is 0. The molecule has 8 heteroatoms. The number of benzene rings is 1. The van der Waals surface area contributed by atoms with E-state index < -0.39 is 0 Å². The molecule has 1 aromatic rings. The molecular weight excluding hydrogens is 332 g/mol. The number of hydrogen-bond donors (Lipinski definition) is 3. The van der Waals surface area contributed by atoms with Crippen LogP contribution in [-0.2, 0) is 14.4 Å². The van der Waals surface area contributed by atoms with Crippen molar-refractivity contribution in [3.8, 4) is 0 Å². The van der Waals surface area contributed by atoms with E-state index in [9.17, 15) is 14.4 Å². The van der Waals surface area contributed by atoms with E-state index in [4.69, 9.17) is 0 Å². The van der Waals surface area contributed by atoms with Crippen molar-refractivity contribution in [1.29, 1.82) is 0 Å². The normalized spacial score (nSPS) is 13.2. The van der Waals surface area contributed by atoms with E-state index in [1.165, 1.54) is 6.92 Å². The molecule has 1 aliphatic heterocycles. The van der Waals surface area contributed by atoms with Gasteiger partial charge in [-0.3, -0.25) is 14.4 Å². The Morgan fingerprint density at radius 1 is 1.12 bits per heavy atom. The summed E-state index contributed by atoms with van der Waals surface area (Å²) in [5, 5.41) is 8.47. The maximum Gasteiger partial charge on any atom is 0.243 e. The Hall–Kier alpha value is -2.12. The van der Waals surface area contributed by atoms with Gasteiger partial charge in [-0.25, -0.2) is 0 Å². The van der Waals surface area contributed by atoms with Crippen molar-refractivity contribution in [3.05, 3.63) is 24.3 Å². The van der Waals surface area contributed by atoms with E-state index in [-0.39, 0.29) is 42.6 Å². The van der Waals surface area contributed by atoms with Crippen LogP contribution >= 0.6 is 12.4 Å². The van der Waals surface area contributed by atoms with Crippen LogP contribution in [0.5, 0.6) is 0 Å². The third-order valence-corrected chi connectivity index (χ3v) is 3.65. The van der Waals surface area contributed by atoms with Gasteiger partial charge in [-0.1, -0.05) is 0 Å². The molecule has 1 saturated heterocycles. The van der Waals surface area contributed by atoms with Gasteiger partial charge in [0, 0.05) is 37.9 Å². The minimum Gasteiger partial charge on any atom is -0.333 e. The molecule has 0 bridgehead atoms. The van der Waals surface area contributed by atoms with Gasteiger partial charge in [-0.05, 0) is 31.2 Å². The number of nitrogens with one attached hydrogen (secondary N) is 3. The summed E-state index contributed by atoms with van der Waals surface area (Å²) >= 11 is 0. The summed E-state index contributed by atoms with van der Waals surface area (Å²) in [6.45, 7) is 5.20. The lowest BCUT2D eigenvalue weighted by atomic mass is 10.0. The lowest BCUT2D eigenvalue weighted by Gasteiger charge is -2.31. The fourth-order valence-electron chi connectivity index (χ4n) is 2.28. The van der Waals surface area contributed by atoms with Gasteiger partial charge in [0.25, 0.3) is 0 Å². The molecule has 2 rings (SSSR count). The second-order valence-electron chi connectivity index (χ2n) is 5.51. The number of carbonyl (C=O) groups excluding carboxylic acids is 3. The van der Waals surface area contributed by atoms with Crippen LogP contribution in [0, 0.1) is 5.92 Å². The second-order valence-corrected chi connectivity index (χ2v) is 5.51. The first-order valence-electron chi connectivity index (χ1n) is 7.66. The van der Waals surface area contributed by atoms with Crippen LogP contribution in [-0.4, -0.2) is 48.8 Å². The Labute approximate surface area is 147 Å². The number of amides is 3. The number of hydrogen-bond acceptors (Lipinski definition) is 4. The van der Waals surface area contributed by atoms with E-state index in [0.29, 0.717) is 31.0 Å². The Kier molecular flexibility index (Phi) is 7.67. The van der Waals surface area contributed by atoms with Crippen molar-refractivity contribution >= 4 is 41.5 Å². The lowest BCUT2D eigenvalue weighted by molar-refractivity contribution is -0.139. The number of carbonyl (C=O) groups is 3. The van der Waals surface area contributed by atoms with Crippen molar-refractivity contribution in [3.63, 3.8) is 0 Å². The van der Waals surface area contributed by atoms with Crippen molar-refractivity contribution in [1.82, 2.24) is 10.2 Å². The zero-order valence-electron chi connectivity index (χ0n) is 13.8. The summed E-state index contributed by atoms with van der Waals surface area (Å²) in [5.74, 6) is -0.383. The molecule has 24 heavy (non-hydrogen) atoms. The molecule has 0 atom stereocenters. The summed E-state index contributed by atoms with van der Waals surface area (Å²) in [6.07, 6.45) is 0. The standard InChI is InChI=1S/C16H22N4O3.ClH/c1-3-20(16(23)12-8-17-9-12)10-15(22)19-14-6-4-13(5-7-14)18-11(2)21;/h4-7,12,17H,3,8-10H2,1-2H3,(H,18,21)(H,19,22);1H. The predicted octanol–water partition coefficient (Wildman–Crippen LogP) is 1.07.